The van der Waals surface area contributed by atoms with Crippen LogP contribution >= 0.6 is 0 Å². The number of carbonyl (C=O) groups is 2. The number of fused-ring (bicyclic) bond motifs is 1. The van der Waals surface area contributed by atoms with E-state index in [1.165, 1.54) is 0 Å². The molecular formula is C21H17N3O2. The van der Waals surface area contributed by atoms with E-state index in [9.17, 15) is 9.59 Å². The zero-order chi connectivity index (χ0) is 17.9. The van der Waals surface area contributed by atoms with Gasteiger partial charge in [-0.3, -0.25) is 14.6 Å². The first-order valence-electron chi connectivity index (χ1n) is 8.41. The quantitative estimate of drug-likeness (QED) is 0.768. The van der Waals surface area contributed by atoms with E-state index >= 15 is 0 Å². The van der Waals surface area contributed by atoms with E-state index < -0.39 is 6.04 Å². The number of hydrogen-bond donors (Lipinski definition) is 2. The van der Waals surface area contributed by atoms with Crippen LogP contribution in [0.25, 0.3) is 11.1 Å². The van der Waals surface area contributed by atoms with Crippen molar-refractivity contribution in [3.8, 4) is 11.1 Å². The van der Waals surface area contributed by atoms with Gasteiger partial charge in [-0.1, -0.05) is 36.4 Å². The second-order valence-corrected chi connectivity index (χ2v) is 6.20. The molecule has 0 bridgehead atoms. The third-order valence-electron chi connectivity index (χ3n) is 4.44. The molecule has 2 heterocycles. The molecule has 5 nitrogen and oxygen atoms in total. The van der Waals surface area contributed by atoms with Gasteiger partial charge in [-0.2, -0.15) is 0 Å². The van der Waals surface area contributed by atoms with Gasteiger partial charge in [0.05, 0.1) is 11.3 Å². The van der Waals surface area contributed by atoms with E-state index in [0.717, 1.165) is 16.7 Å². The maximum Gasteiger partial charge on any atom is 0.254 e. The Morgan fingerprint density at radius 3 is 2.42 bits per heavy atom. The highest BCUT2D eigenvalue weighted by atomic mass is 16.2. The highest BCUT2D eigenvalue weighted by Crippen LogP contribution is 2.26. The fourth-order valence-corrected chi connectivity index (χ4v) is 3.08. The zero-order valence-electron chi connectivity index (χ0n) is 14.0. The Hall–Kier alpha value is -3.47. The first-order valence-corrected chi connectivity index (χ1v) is 8.41. The minimum atomic E-state index is -0.610. The summed E-state index contributed by atoms with van der Waals surface area (Å²) in [4.78, 5) is 29.3. The summed E-state index contributed by atoms with van der Waals surface area (Å²) in [6.45, 7) is 0. The molecule has 26 heavy (non-hydrogen) atoms. The lowest BCUT2D eigenvalue weighted by Crippen LogP contribution is -2.42. The fourth-order valence-electron chi connectivity index (χ4n) is 3.08. The van der Waals surface area contributed by atoms with Crippen molar-refractivity contribution in [2.75, 3.05) is 5.32 Å². The number of rotatable bonds is 3. The summed E-state index contributed by atoms with van der Waals surface area (Å²) in [6, 6.07) is 18.3. The van der Waals surface area contributed by atoms with Gasteiger partial charge in [0.2, 0.25) is 5.91 Å². The lowest BCUT2D eigenvalue weighted by molar-refractivity contribution is -0.117. The number of carbonyl (C=O) groups excluding carboxylic acids is 2. The number of amides is 2. The Balaban J connectivity index is 1.63. The standard InChI is InChI=1S/C21H17N3O2/c25-20-17-13-16(15-8-10-22-11-9-15)6-7-18(17)23-21(26)19(24-20)12-14-4-2-1-3-5-14/h1-11,13,19H,12H2,(H,23,26)(H,24,25). The molecule has 2 N–H and O–H groups in total. The fraction of sp³-hybridized carbons (Fsp3) is 0.0952. The highest BCUT2D eigenvalue weighted by Gasteiger charge is 2.28. The Morgan fingerprint density at radius 1 is 0.885 bits per heavy atom. The summed E-state index contributed by atoms with van der Waals surface area (Å²) in [5.41, 5.74) is 3.85. The van der Waals surface area contributed by atoms with Crippen molar-refractivity contribution in [1.29, 1.82) is 0 Å². The Labute approximate surface area is 151 Å². The third-order valence-corrected chi connectivity index (χ3v) is 4.44. The lowest BCUT2D eigenvalue weighted by Gasteiger charge is -2.14. The molecule has 1 unspecified atom stereocenters. The molecule has 3 aromatic rings. The van der Waals surface area contributed by atoms with Gasteiger partial charge in [0.15, 0.2) is 0 Å². The third kappa shape index (κ3) is 3.19. The molecule has 1 aromatic heterocycles. The smallest absolute Gasteiger partial charge is 0.254 e. The second-order valence-electron chi connectivity index (χ2n) is 6.20. The van der Waals surface area contributed by atoms with Crippen LogP contribution in [-0.2, 0) is 11.2 Å². The van der Waals surface area contributed by atoms with Crippen LogP contribution in [0.3, 0.4) is 0 Å². The van der Waals surface area contributed by atoms with E-state index in [4.69, 9.17) is 0 Å². The number of nitrogens with one attached hydrogen (secondary N) is 2. The summed E-state index contributed by atoms with van der Waals surface area (Å²) in [5.74, 6) is -0.465. The van der Waals surface area contributed by atoms with Crippen molar-refractivity contribution in [2.45, 2.75) is 12.5 Å². The Kier molecular flexibility index (Phi) is 4.19. The predicted molar refractivity (Wildman–Crippen MR) is 99.7 cm³/mol. The molecule has 1 aliphatic rings. The van der Waals surface area contributed by atoms with Crippen molar-refractivity contribution >= 4 is 17.5 Å². The molecule has 0 fully saturated rings. The maximum atomic E-state index is 12.7. The van der Waals surface area contributed by atoms with Gasteiger partial charge in [0.25, 0.3) is 5.91 Å². The van der Waals surface area contributed by atoms with Gasteiger partial charge in [0.1, 0.15) is 6.04 Å². The normalized spacial score (nSPS) is 16.2. The number of aromatic nitrogens is 1. The number of anilines is 1. The van der Waals surface area contributed by atoms with Crippen LogP contribution in [-0.4, -0.2) is 22.8 Å². The summed E-state index contributed by atoms with van der Waals surface area (Å²) in [5, 5.41) is 5.72. The van der Waals surface area contributed by atoms with Crippen LogP contribution in [0.4, 0.5) is 5.69 Å². The van der Waals surface area contributed by atoms with Crippen LogP contribution in [0.1, 0.15) is 15.9 Å². The molecule has 1 aliphatic heterocycles. The summed E-state index contributed by atoms with van der Waals surface area (Å²) in [6.07, 6.45) is 3.86. The highest BCUT2D eigenvalue weighted by molar-refractivity contribution is 6.10. The van der Waals surface area contributed by atoms with E-state index in [-0.39, 0.29) is 11.8 Å². The van der Waals surface area contributed by atoms with Gasteiger partial charge in [-0.15, -0.1) is 0 Å². The molecule has 4 rings (SSSR count). The molecule has 0 spiro atoms. The molecule has 0 saturated heterocycles. The predicted octanol–water partition coefficient (Wildman–Crippen LogP) is 3.04. The largest absolute Gasteiger partial charge is 0.340 e. The van der Waals surface area contributed by atoms with Crippen LogP contribution in [0.15, 0.2) is 73.1 Å². The van der Waals surface area contributed by atoms with Crippen molar-refractivity contribution in [1.82, 2.24) is 10.3 Å². The first kappa shape index (κ1) is 16.0. The minimum Gasteiger partial charge on any atom is -0.340 e. The number of pyridine rings is 1. The molecule has 1 atom stereocenters. The van der Waals surface area contributed by atoms with Crippen molar-refractivity contribution < 1.29 is 9.59 Å². The monoisotopic (exact) mass is 343 g/mol. The summed E-state index contributed by atoms with van der Waals surface area (Å²) in [7, 11) is 0. The second kappa shape index (κ2) is 6.80. The number of hydrogen-bond acceptors (Lipinski definition) is 3. The summed E-state index contributed by atoms with van der Waals surface area (Å²) < 4.78 is 0. The summed E-state index contributed by atoms with van der Waals surface area (Å²) >= 11 is 0. The molecule has 0 aliphatic carbocycles. The SMILES string of the molecule is O=C1NC(Cc2ccccc2)C(=O)Nc2ccc(-c3ccncc3)cc21. The Bertz CT molecular complexity index is 956. The van der Waals surface area contributed by atoms with Gasteiger partial charge in [-0.05, 0) is 41.0 Å². The van der Waals surface area contributed by atoms with Crippen LogP contribution < -0.4 is 10.6 Å². The average molecular weight is 343 g/mol. The molecule has 128 valence electrons. The van der Waals surface area contributed by atoms with E-state index in [1.807, 2.05) is 48.5 Å². The first-order chi connectivity index (χ1) is 12.7. The molecular weight excluding hydrogens is 326 g/mol. The van der Waals surface area contributed by atoms with E-state index in [1.54, 1.807) is 24.5 Å². The van der Waals surface area contributed by atoms with Crippen molar-refractivity contribution in [3.63, 3.8) is 0 Å². The van der Waals surface area contributed by atoms with Crippen molar-refractivity contribution in [2.24, 2.45) is 0 Å². The molecule has 0 saturated carbocycles. The van der Waals surface area contributed by atoms with Gasteiger partial charge < -0.3 is 10.6 Å². The zero-order valence-corrected chi connectivity index (χ0v) is 14.0. The Morgan fingerprint density at radius 2 is 1.65 bits per heavy atom. The maximum absolute atomic E-state index is 12.7. The molecule has 2 aromatic carbocycles. The lowest BCUT2D eigenvalue weighted by atomic mass is 10.0. The van der Waals surface area contributed by atoms with Crippen LogP contribution in [0.2, 0.25) is 0 Å². The van der Waals surface area contributed by atoms with Gasteiger partial charge in [0, 0.05) is 18.8 Å². The van der Waals surface area contributed by atoms with Crippen LogP contribution in [0.5, 0.6) is 0 Å². The topological polar surface area (TPSA) is 71.1 Å². The van der Waals surface area contributed by atoms with Gasteiger partial charge in [-0.25, -0.2) is 0 Å². The van der Waals surface area contributed by atoms with Gasteiger partial charge >= 0.3 is 0 Å². The van der Waals surface area contributed by atoms with E-state index in [0.29, 0.717) is 17.7 Å². The number of nitrogens with zero attached hydrogens (tertiary/aromatic N) is 1. The van der Waals surface area contributed by atoms with Crippen molar-refractivity contribution in [3.05, 3.63) is 84.2 Å². The van der Waals surface area contributed by atoms with Crippen LogP contribution in [0, 0.1) is 0 Å². The average Bonchev–Trinajstić information content (AvgIpc) is 2.79. The molecule has 0 radical (unpaired) electrons. The minimum absolute atomic E-state index is 0.211. The molecule has 2 amide bonds. The molecule has 5 heteroatoms. The van der Waals surface area contributed by atoms with E-state index in [2.05, 4.69) is 15.6 Å². The number of benzene rings is 2.